The van der Waals surface area contributed by atoms with Gasteiger partial charge in [-0.15, -0.1) is 0 Å². The van der Waals surface area contributed by atoms with Gasteiger partial charge >= 0.3 is 5.97 Å². The smallest absolute Gasteiger partial charge is 0.310 e. The van der Waals surface area contributed by atoms with Crippen molar-refractivity contribution in [2.24, 2.45) is 12.5 Å². The van der Waals surface area contributed by atoms with Crippen LogP contribution in [0.2, 0.25) is 0 Å². The van der Waals surface area contributed by atoms with E-state index in [0.29, 0.717) is 32.1 Å². The predicted molar refractivity (Wildman–Crippen MR) is 70.8 cm³/mol. The van der Waals surface area contributed by atoms with Gasteiger partial charge in [0.05, 0.1) is 17.2 Å². The molecule has 1 aliphatic rings. The summed E-state index contributed by atoms with van der Waals surface area (Å²) in [5.41, 5.74) is 1.22. The molecule has 0 bridgehead atoms. The van der Waals surface area contributed by atoms with Gasteiger partial charge < -0.3 is 10.2 Å². The van der Waals surface area contributed by atoms with Crippen molar-refractivity contribution >= 4 is 5.97 Å². The van der Waals surface area contributed by atoms with Gasteiger partial charge in [0.2, 0.25) is 0 Å². The lowest BCUT2D eigenvalue weighted by Crippen LogP contribution is -2.39. The van der Waals surface area contributed by atoms with Gasteiger partial charge in [-0.2, -0.15) is 5.10 Å². The molecular weight excluding hydrogens is 244 g/mol. The molecule has 19 heavy (non-hydrogen) atoms. The average Bonchev–Trinajstić information content (AvgIpc) is 2.73. The maximum Gasteiger partial charge on any atom is 0.310 e. The molecule has 1 aromatic rings. The van der Waals surface area contributed by atoms with Gasteiger partial charge in [0.25, 0.3) is 0 Å². The number of rotatable bonds is 4. The van der Waals surface area contributed by atoms with Gasteiger partial charge in [-0.1, -0.05) is 6.92 Å². The summed E-state index contributed by atoms with van der Waals surface area (Å²) >= 11 is 0. The minimum Gasteiger partial charge on any atom is -0.481 e. The molecule has 5 heteroatoms. The fraction of sp³-hybridized carbons (Fsp3) is 0.714. The topological polar surface area (TPSA) is 75.3 Å². The van der Waals surface area contributed by atoms with Gasteiger partial charge in [0.1, 0.15) is 0 Å². The van der Waals surface area contributed by atoms with Crippen molar-refractivity contribution in [1.29, 1.82) is 0 Å². The summed E-state index contributed by atoms with van der Waals surface area (Å²) in [5, 5.41) is 23.5. The standard InChI is InChI=1S/C14H22N2O3/c1-3-10-8-11(16(2)15-10)9-14(13(18)19)6-4-12(17)5-7-14/h8,12,17H,3-7,9H2,1-2H3,(H,18,19). The van der Waals surface area contributed by atoms with Crippen molar-refractivity contribution < 1.29 is 15.0 Å². The zero-order valence-electron chi connectivity index (χ0n) is 11.6. The monoisotopic (exact) mass is 266 g/mol. The summed E-state index contributed by atoms with van der Waals surface area (Å²) in [4.78, 5) is 11.7. The van der Waals surface area contributed by atoms with E-state index in [1.807, 2.05) is 20.0 Å². The van der Waals surface area contributed by atoms with Crippen molar-refractivity contribution in [3.05, 3.63) is 17.5 Å². The molecule has 0 aliphatic heterocycles. The van der Waals surface area contributed by atoms with Crippen molar-refractivity contribution in [3.63, 3.8) is 0 Å². The van der Waals surface area contributed by atoms with Crippen molar-refractivity contribution in [2.75, 3.05) is 0 Å². The molecule has 0 unspecified atom stereocenters. The molecule has 0 amide bonds. The molecule has 0 aromatic carbocycles. The van der Waals surface area contributed by atoms with Crippen LogP contribution in [0.3, 0.4) is 0 Å². The molecule has 1 fully saturated rings. The van der Waals surface area contributed by atoms with Crippen LogP contribution in [0.15, 0.2) is 6.07 Å². The number of carbonyl (C=O) groups is 1. The third kappa shape index (κ3) is 2.81. The van der Waals surface area contributed by atoms with Crippen LogP contribution in [0, 0.1) is 5.41 Å². The number of aliphatic hydroxyl groups is 1. The maximum absolute atomic E-state index is 11.7. The highest BCUT2D eigenvalue weighted by Crippen LogP contribution is 2.39. The molecule has 2 N–H and O–H groups in total. The summed E-state index contributed by atoms with van der Waals surface area (Å²) < 4.78 is 1.79. The summed E-state index contributed by atoms with van der Waals surface area (Å²) in [6.45, 7) is 2.04. The van der Waals surface area contributed by atoms with Crippen LogP contribution in [-0.4, -0.2) is 32.1 Å². The zero-order chi connectivity index (χ0) is 14.0. The highest BCUT2D eigenvalue weighted by Gasteiger charge is 2.42. The fourth-order valence-electron chi connectivity index (χ4n) is 2.88. The third-order valence-electron chi connectivity index (χ3n) is 4.27. The Kier molecular flexibility index (Phi) is 3.94. The van der Waals surface area contributed by atoms with E-state index in [4.69, 9.17) is 0 Å². The van der Waals surface area contributed by atoms with E-state index in [1.165, 1.54) is 0 Å². The molecule has 1 aliphatic carbocycles. The SMILES string of the molecule is CCc1cc(CC2(C(=O)O)CCC(O)CC2)n(C)n1. The van der Waals surface area contributed by atoms with E-state index in [2.05, 4.69) is 5.10 Å². The Balaban J connectivity index is 2.21. The normalized spacial score (nSPS) is 27.4. The number of hydrogen-bond acceptors (Lipinski definition) is 3. The van der Waals surface area contributed by atoms with E-state index in [0.717, 1.165) is 17.8 Å². The molecule has 0 saturated heterocycles. The van der Waals surface area contributed by atoms with Gasteiger partial charge in [-0.05, 0) is 38.2 Å². The Bertz CT molecular complexity index is 459. The molecule has 2 rings (SSSR count). The fourth-order valence-corrected chi connectivity index (χ4v) is 2.88. The molecule has 0 radical (unpaired) electrons. The highest BCUT2D eigenvalue weighted by molar-refractivity contribution is 5.75. The maximum atomic E-state index is 11.7. The Morgan fingerprint density at radius 3 is 2.63 bits per heavy atom. The third-order valence-corrected chi connectivity index (χ3v) is 4.27. The van der Waals surface area contributed by atoms with Gasteiger partial charge in [0, 0.05) is 19.2 Å². The van der Waals surface area contributed by atoms with Crippen LogP contribution >= 0.6 is 0 Å². The molecule has 5 nitrogen and oxygen atoms in total. The number of carboxylic acid groups (broad SMARTS) is 1. The van der Waals surface area contributed by atoms with Crippen molar-refractivity contribution in [2.45, 2.75) is 51.6 Å². The lowest BCUT2D eigenvalue weighted by Gasteiger charge is -2.35. The quantitative estimate of drug-likeness (QED) is 0.866. The summed E-state index contributed by atoms with van der Waals surface area (Å²) in [7, 11) is 1.86. The Morgan fingerprint density at radius 1 is 1.53 bits per heavy atom. The minimum atomic E-state index is -0.751. The number of aryl methyl sites for hydroxylation is 2. The van der Waals surface area contributed by atoms with E-state index in [9.17, 15) is 15.0 Å². The number of nitrogens with zero attached hydrogens (tertiary/aromatic N) is 2. The Morgan fingerprint density at radius 2 is 2.16 bits per heavy atom. The second-order valence-electron chi connectivity index (χ2n) is 5.60. The Labute approximate surface area is 113 Å². The number of aromatic nitrogens is 2. The van der Waals surface area contributed by atoms with Gasteiger partial charge in [0.15, 0.2) is 0 Å². The lowest BCUT2D eigenvalue weighted by molar-refractivity contribution is -0.152. The first-order valence-electron chi connectivity index (χ1n) is 6.90. The van der Waals surface area contributed by atoms with Gasteiger partial charge in [-0.25, -0.2) is 0 Å². The van der Waals surface area contributed by atoms with Crippen LogP contribution in [0.5, 0.6) is 0 Å². The summed E-state index contributed by atoms with van der Waals surface area (Å²) in [6.07, 6.45) is 3.23. The first kappa shape index (κ1) is 14.1. The van der Waals surface area contributed by atoms with Crippen molar-refractivity contribution in [1.82, 2.24) is 9.78 Å². The average molecular weight is 266 g/mol. The van der Waals surface area contributed by atoms with Crippen LogP contribution in [0.25, 0.3) is 0 Å². The van der Waals surface area contributed by atoms with E-state index in [-0.39, 0.29) is 6.10 Å². The minimum absolute atomic E-state index is 0.342. The van der Waals surface area contributed by atoms with Gasteiger partial charge in [-0.3, -0.25) is 9.48 Å². The first-order chi connectivity index (χ1) is 8.97. The number of aliphatic hydroxyl groups excluding tert-OH is 1. The number of carboxylic acids is 1. The lowest BCUT2D eigenvalue weighted by atomic mass is 9.70. The zero-order valence-corrected chi connectivity index (χ0v) is 11.6. The van der Waals surface area contributed by atoms with Crippen LogP contribution < -0.4 is 0 Å². The largest absolute Gasteiger partial charge is 0.481 e. The number of hydrogen-bond donors (Lipinski definition) is 2. The molecule has 0 atom stereocenters. The van der Waals surface area contributed by atoms with Crippen LogP contribution in [0.1, 0.15) is 44.0 Å². The Hall–Kier alpha value is -1.36. The van der Waals surface area contributed by atoms with Crippen LogP contribution in [-0.2, 0) is 24.7 Å². The van der Waals surface area contributed by atoms with Crippen molar-refractivity contribution in [3.8, 4) is 0 Å². The first-order valence-corrected chi connectivity index (χ1v) is 6.90. The molecule has 1 heterocycles. The molecule has 106 valence electrons. The second kappa shape index (κ2) is 5.33. The summed E-state index contributed by atoms with van der Waals surface area (Å²) in [5.74, 6) is -0.751. The molecular formula is C14H22N2O3. The summed E-state index contributed by atoms with van der Waals surface area (Å²) in [6, 6.07) is 2.00. The second-order valence-corrected chi connectivity index (χ2v) is 5.60. The van der Waals surface area contributed by atoms with E-state index in [1.54, 1.807) is 4.68 Å². The van der Waals surface area contributed by atoms with Crippen LogP contribution in [0.4, 0.5) is 0 Å². The van der Waals surface area contributed by atoms with E-state index >= 15 is 0 Å². The molecule has 0 spiro atoms. The predicted octanol–water partition coefficient (Wildman–Crippen LogP) is 1.53. The number of aliphatic carboxylic acids is 1. The molecule has 1 saturated carbocycles. The highest BCUT2D eigenvalue weighted by atomic mass is 16.4. The molecule has 1 aromatic heterocycles. The van der Waals surface area contributed by atoms with E-state index < -0.39 is 11.4 Å².